The molecule has 0 aliphatic carbocycles. The number of guanidine groups is 9. The second-order valence-electron chi connectivity index (χ2n) is 27.1. The first-order valence-electron chi connectivity index (χ1n) is 38.3. The third kappa shape index (κ3) is 49.0. The van der Waals surface area contributed by atoms with E-state index in [0.717, 1.165) is 21.6 Å². The maximum atomic E-state index is 15.0. The first-order valence-corrected chi connectivity index (χ1v) is 40.6. The largest absolute Gasteiger partial charge is 0.370 e. The van der Waals surface area contributed by atoms with E-state index in [2.05, 4.69) is 106 Å². The van der Waals surface area contributed by atoms with Crippen molar-refractivity contribution in [2.24, 2.45) is 63.1 Å². The Bertz CT molecular complexity index is 3680. The van der Waals surface area contributed by atoms with Gasteiger partial charge in [-0.05, 0) is 139 Å². The van der Waals surface area contributed by atoms with E-state index in [1.54, 1.807) is 0 Å². The number of aromatic nitrogens is 1. The molecule has 50 N–H and O–H groups in total. The summed E-state index contributed by atoms with van der Waals surface area (Å²) < 4.78 is 0. The fourth-order valence-corrected chi connectivity index (χ4v) is 13.1. The number of carbonyl (C=O) groups excluding carboxylic acids is 11. The van der Waals surface area contributed by atoms with Gasteiger partial charge in [-0.15, -0.1) is 0 Å². The van der Waals surface area contributed by atoms with Crippen LogP contribution in [0.4, 0.5) is 5.69 Å². The molecule has 1 heterocycles. The summed E-state index contributed by atoms with van der Waals surface area (Å²) in [5, 5.41) is 130. The van der Waals surface area contributed by atoms with Crippen LogP contribution in [-0.2, 0) is 52.7 Å². The van der Waals surface area contributed by atoms with Crippen molar-refractivity contribution >= 4 is 146 Å². The summed E-state index contributed by atoms with van der Waals surface area (Å²) in [5.74, 6) is -14.8. The van der Waals surface area contributed by atoms with Crippen LogP contribution in [0.5, 0.6) is 0 Å². The summed E-state index contributed by atoms with van der Waals surface area (Å²) in [5.41, 5.74) is 61.2. The third-order valence-corrected chi connectivity index (χ3v) is 19.3. The predicted molar refractivity (Wildman–Crippen MR) is 454 cm³/mol. The van der Waals surface area contributed by atoms with E-state index < -0.39 is 184 Å². The van der Waals surface area contributed by atoms with Crippen LogP contribution >= 0.6 is 21.6 Å². The molecule has 0 fully saturated rings. The highest BCUT2D eigenvalue weighted by molar-refractivity contribution is 8.76. The fraction of sp³-hybridized carbons (Fsp3) is 0.615. The Kier molecular flexibility index (Phi) is 52.0. The number of amides is 11. The Hall–Kier alpha value is -13.2. The number of nitro groups is 1. The molecular weight excluding hydrogens is 1630 g/mol. The van der Waals surface area contributed by atoms with Crippen molar-refractivity contribution in [3.8, 4) is 0 Å². The second kappa shape index (κ2) is 59.5. The lowest BCUT2D eigenvalue weighted by molar-refractivity contribution is -0.388. The number of primary amides is 1. The molecule has 11 atom stereocenters. The van der Waals surface area contributed by atoms with E-state index in [4.69, 9.17) is 112 Å². The molecule has 11 unspecified atom stereocenters. The molecule has 0 bridgehead atoms. The Labute approximate surface area is 705 Å². The lowest BCUT2D eigenvalue weighted by atomic mass is 10.0. The molecule has 0 saturated carbocycles. The number of hydrogen-bond donors (Lipinski definition) is 39. The van der Waals surface area contributed by atoms with E-state index in [1.165, 1.54) is 25.3 Å². The van der Waals surface area contributed by atoms with Gasteiger partial charge in [-0.1, -0.05) is 10.8 Å². The smallest absolute Gasteiger partial charge is 0.302 e. The number of pyridine rings is 1. The van der Waals surface area contributed by atoms with Crippen molar-refractivity contribution in [2.45, 2.75) is 194 Å². The van der Waals surface area contributed by atoms with Gasteiger partial charge in [-0.25, -0.2) is 4.98 Å². The van der Waals surface area contributed by atoms with Gasteiger partial charge in [0.05, 0.1) is 11.0 Å². The second-order valence-corrected chi connectivity index (χ2v) is 29.4. The van der Waals surface area contributed by atoms with Gasteiger partial charge in [-0.3, -0.25) is 112 Å². The highest BCUT2D eigenvalue weighted by atomic mass is 33.1. The van der Waals surface area contributed by atoms with Crippen LogP contribution in [0.3, 0.4) is 0 Å². The topological polar surface area (TPSA) is 973 Å². The van der Waals surface area contributed by atoms with Crippen molar-refractivity contribution in [1.82, 2.24) is 106 Å². The van der Waals surface area contributed by atoms with Crippen molar-refractivity contribution in [3.05, 3.63) is 28.4 Å². The highest BCUT2D eigenvalue weighted by Gasteiger charge is 2.37. The van der Waals surface area contributed by atoms with Gasteiger partial charge in [0.2, 0.25) is 65.0 Å². The first kappa shape index (κ1) is 106. The number of nitrogens with zero attached hydrogens (tertiary/aromatic N) is 2. The SMILES string of the molecule is CC(NC(=O)C(N)CSSc1ncccc1[N+](=O)[O-])C(=O)NC(CCCNC(=N)N)C(=O)NC(CCCNC(=N)N)C(=O)NC(CCCNC(=N)N)C(=O)NC(CCCNC(=N)N)C(=O)NC(CCCNC(=N)N)C(=O)NC(CCCNC(=N)N)C(=O)NC(CCCNC(=N)N)C(=O)NC(CCCNC(=N)N)C(=O)NC(CCCNC(=N)N)C(N)=O. The quantitative estimate of drug-likeness (QED) is 0.00719. The maximum Gasteiger partial charge on any atom is 0.302 e. The van der Waals surface area contributed by atoms with Crippen LogP contribution in [0.1, 0.15) is 122 Å². The van der Waals surface area contributed by atoms with Crippen LogP contribution in [0.25, 0.3) is 0 Å². The molecule has 0 spiro atoms. The Morgan fingerprint density at radius 3 is 0.760 bits per heavy atom. The van der Waals surface area contributed by atoms with Crippen LogP contribution < -0.4 is 164 Å². The maximum absolute atomic E-state index is 15.0. The summed E-state index contributed by atoms with van der Waals surface area (Å²) in [6.45, 7) is 1.14. The molecule has 1 rings (SSSR count). The Balaban J connectivity index is 4.03. The van der Waals surface area contributed by atoms with Crippen molar-refractivity contribution in [3.63, 3.8) is 0 Å². The van der Waals surface area contributed by atoms with Gasteiger partial charge < -0.3 is 164 Å². The average molecular weight is 1750 g/mol. The van der Waals surface area contributed by atoms with Gasteiger partial charge in [0, 0.05) is 76.9 Å². The van der Waals surface area contributed by atoms with E-state index in [9.17, 15) is 58.1 Å². The molecule has 54 nitrogen and oxygen atoms in total. The summed E-state index contributed by atoms with van der Waals surface area (Å²) in [6.07, 6.45) is -0.355. The first-order chi connectivity index (χ1) is 57.1. The average Bonchev–Trinajstić information content (AvgIpc) is 0.854. The molecule has 0 aliphatic heterocycles. The van der Waals surface area contributed by atoms with Gasteiger partial charge in [-0.2, -0.15) is 0 Å². The highest BCUT2D eigenvalue weighted by Crippen LogP contribution is 2.35. The van der Waals surface area contributed by atoms with E-state index in [-0.39, 0.29) is 197 Å². The summed E-state index contributed by atoms with van der Waals surface area (Å²) in [6, 6.07) is -13.9. The molecule has 11 amide bonds. The predicted octanol–water partition coefficient (Wildman–Crippen LogP) is -11.2. The van der Waals surface area contributed by atoms with Crippen LogP contribution in [0.15, 0.2) is 23.4 Å². The molecule has 0 aromatic carbocycles. The van der Waals surface area contributed by atoms with Crippen LogP contribution in [-0.4, -0.2) is 260 Å². The molecule has 0 radical (unpaired) electrons. The third-order valence-electron chi connectivity index (χ3n) is 17.0. The summed E-state index contributed by atoms with van der Waals surface area (Å²) in [7, 11) is 1.88. The molecule has 56 heteroatoms. The van der Waals surface area contributed by atoms with Crippen molar-refractivity contribution in [1.29, 1.82) is 48.7 Å². The number of carbonyl (C=O) groups is 11. The molecule has 1 aromatic rings. The monoisotopic (exact) mass is 1750 g/mol. The molecule has 121 heavy (non-hydrogen) atoms. The van der Waals surface area contributed by atoms with Crippen molar-refractivity contribution < 1.29 is 57.7 Å². The summed E-state index contributed by atoms with van der Waals surface area (Å²) in [4.78, 5) is 173. The number of rotatable bonds is 62. The van der Waals surface area contributed by atoms with E-state index in [1.807, 2.05) is 0 Å². The zero-order chi connectivity index (χ0) is 91.1. The van der Waals surface area contributed by atoms with E-state index in [0.29, 0.717) is 0 Å². The lowest BCUT2D eigenvalue weighted by Gasteiger charge is -2.29. The molecular formula is C65H123N41O13S2. The fourth-order valence-electron chi connectivity index (χ4n) is 10.9. The summed E-state index contributed by atoms with van der Waals surface area (Å²) >= 11 is 0. The normalized spacial score (nSPS) is 13.4. The Morgan fingerprint density at radius 1 is 0.347 bits per heavy atom. The molecule has 678 valence electrons. The number of nitrogens with one attached hydrogen (secondary N) is 28. The zero-order valence-electron chi connectivity index (χ0n) is 67.3. The van der Waals surface area contributed by atoms with Crippen LogP contribution in [0.2, 0.25) is 0 Å². The van der Waals surface area contributed by atoms with Crippen molar-refractivity contribution in [2.75, 3.05) is 64.7 Å². The number of hydrogen-bond acceptors (Lipinski definition) is 26. The van der Waals surface area contributed by atoms with E-state index >= 15 is 4.79 Å². The lowest BCUT2D eigenvalue weighted by Crippen LogP contribution is -2.61. The van der Waals surface area contributed by atoms with Gasteiger partial charge in [0.1, 0.15) is 60.4 Å². The minimum atomic E-state index is -1.65. The molecule has 0 saturated heterocycles. The Morgan fingerprint density at radius 2 is 0.554 bits per heavy atom. The van der Waals surface area contributed by atoms with Gasteiger partial charge in [0.15, 0.2) is 58.7 Å². The van der Waals surface area contributed by atoms with Crippen LogP contribution in [0, 0.1) is 58.8 Å². The van der Waals surface area contributed by atoms with Gasteiger partial charge in [0.25, 0.3) is 0 Å². The van der Waals surface area contributed by atoms with Gasteiger partial charge >= 0.3 is 5.69 Å². The zero-order valence-corrected chi connectivity index (χ0v) is 68.9. The minimum Gasteiger partial charge on any atom is -0.370 e. The standard InChI is InChI=1S/C65H123N41O13S2/c1-33(96-47(109)34(66)32-120-121-56-44(106(118)119)21-11-22-86-56)46(108)98-36(13-3-24-88-58(70)71)49(111)100-38(15-5-26-90-60(74)75)51(113)102-40(17-7-28-92-62(78)79)53(115)104-42(19-9-30-94-64(82)83)55(117)105-43(20-10-31-95-65(84)85)54(116)103-41(18-8-29-93-63(80)81)52(114)101-39(16-6-27-91-61(76)77)50(112)99-37(14-4-25-89-59(72)73)48(110)97-35(45(67)107)12-2-23-87-57(68)69/h11,21-22,33-43H,2-10,12-20,23-32,66H2,1H3,(H2,67,107)(H,96,109)(H,97,110)(H,98,108)(H,99,112)(H,100,111)(H,101,114)(H,102,113)(H,103,116)(H,104,115)(H,105,117)(H4,68,69,87)(H4,70,71,88)(H4,72,73,89)(H4,74,75,90)(H4,76,77,91)(H4,78,79,92)(H4,80,81,93)(H4,82,83,94)(H4,84,85,95). The minimum absolute atomic E-state index is 0.00646. The molecule has 1 aromatic heterocycles. The molecule has 0 aliphatic rings. The number of nitrogens with two attached hydrogens (primary N) is 11.